The first-order valence-electron chi connectivity index (χ1n) is 6.25. The lowest BCUT2D eigenvalue weighted by atomic mass is 10.2. The lowest BCUT2D eigenvalue weighted by Gasteiger charge is -2.31. The minimum Gasteiger partial charge on any atom is -0.366 e. The van der Waals surface area contributed by atoms with E-state index in [9.17, 15) is 0 Å². The van der Waals surface area contributed by atoms with Crippen LogP contribution in [0.5, 0.6) is 0 Å². The Bertz CT molecular complexity index is 581. The van der Waals surface area contributed by atoms with Crippen molar-refractivity contribution in [3.05, 3.63) is 5.82 Å². The van der Waals surface area contributed by atoms with E-state index in [1.165, 1.54) is 11.5 Å². The lowest BCUT2D eigenvalue weighted by Crippen LogP contribution is -2.39. The standard InChI is InChI=1S/C10H16N8OS/c1-16(2)9-11-10(20-13-9)18-4-5-19-7(6-18)8-12-14-15-17(8)3/h7H,4-6H2,1-3H3. The highest BCUT2D eigenvalue weighted by Crippen LogP contribution is 2.27. The molecule has 1 aliphatic heterocycles. The zero-order chi connectivity index (χ0) is 14.1. The van der Waals surface area contributed by atoms with Crippen LogP contribution in [0.25, 0.3) is 0 Å². The average molecular weight is 296 g/mol. The van der Waals surface area contributed by atoms with Crippen molar-refractivity contribution < 1.29 is 4.74 Å². The van der Waals surface area contributed by atoms with Gasteiger partial charge in [-0.2, -0.15) is 9.36 Å². The van der Waals surface area contributed by atoms with E-state index in [1.807, 2.05) is 26.0 Å². The number of anilines is 2. The Labute approximate surface area is 120 Å². The number of nitrogens with zero attached hydrogens (tertiary/aromatic N) is 8. The van der Waals surface area contributed by atoms with Crippen LogP contribution in [0.1, 0.15) is 11.9 Å². The van der Waals surface area contributed by atoms with Crippen molar-refractivity contribution in [1.29, 1.82) is 0 Å². The quantitative estimate of drug-likeness (QED) is 0.763. The van der Waals surface area contributed by atoms with Gasteiger partial charge >= 0.3 is 0 Å². The van der Waals surface area contributed by atoms with Crippen molar-refractivity contribution in [2.24, 2.45) is 7.05 Å². The molecule has 1 fully saturated rings. The molecule has 1 atom stereocenters. The minimum absolute atomic E-state index is 0.143. The molecule has 2 aromatic heterocycles. The normalized spacial score (nSPS) is 19.4. The molecule has 3 rings (SSSR count). The maximum atomic E-state index is 5.75. The fourth-order valence-corrected chi connectivity index (χ4v) is 2.78. The third-order valence-electron chi connectivity index (χ3n) is 3.08. The molecule has 10 heteroatoms. The first-order chi connectivity index (χ1) is 9.65. The van der Waals surface area contributed by atoms with Crippen LogP contribution in [0, 0.1) is 0 Å². The molecular formula is C10H16N8OS. The van der Waals surface area contributed by atoms with Crippen molar-refractivity contribution in [1.82, 2.24) is 29.6 Å². The van der Waals surface area contributed by atoms with E-state index < -0.39 is 0 Å². The highest BCUT2D eigenvalue weighted by atomic mass is 32.1. The third kappa shape index (κ3) is 2.43. The Morgan fingerprint density at radius 3 is 2.90 bits per heavy atom. The topological polar surface area (TPSA) is 85.1 Å². The van der Waals surface area contributed by atoms with Crippen molar-refractivity contribution in [3.8, 4) is 0 Å². The van der Waals surface area contributed by atoms with E-state index in [1.54, 1.807) is 4.68 Å². The van der Waals surface area contributed by atoms with Crippen LogP contribution in [-0.2, 0) is 11.8 Å². The molecule has 3 heterocycles. The van der Waals surface area contributed by atoms with Gasteiger partial charge in [0, 0.05) is 39.2 Å². The van der Waals surface area contributed by atoms with Gasteiger partial charge in [-0.3, -0.25) is 0 Å². The molecule has 1 saturated heterocycles. The van der Waals surface area contributed by atoms with Gasteiger partial charge in [-0.25, -0.2) is 4.68 Å². The van der Waals surface area contributed by atoms with Crippen molar-refractivity contribution in [2.75, 3.05) is 43.6 Å². The van der Waals surface area contributed by atoms with Crippen LogP contribution in [0.15, 0.2) is 0 Å². The van der Waals surface area contributed by atoms with Crippen LogP contribution in [0.2, 0.25) is 0 Å². The maximum Gasteiger partial charge on any atom is 0.238 e. The third-order valence-corrected chi connectivity index (χ3v) is 3.85. The van der Waals surface area contributed by atoms with Crippen molar-refractivity contribution in [2.45, 2.75) is 6.10 Å². The molecule has 0 aliphatic carbocycles. The molecule has 20 heavy (non-hydrogen) atoms. The van der Waals surface area contributed by atoms with Crippen LogP contribution in [0.3, 0.4) is 0 Å². The van der Waals surface area contributed by atoms with E-state index in [-0.39, 0.29) is 6.10 Å². The molecule has 0 N–H and O–H groups in total. The van der Waals surface area contributed by atoms with E-state index in [0.29, 0.717) is 13.2 Å². The Hall–Kier alpha value is -1.81. The van der Waals surface area contributed by atoms with E-state index in [4.69, 9.17) is 4.74 Å². The number of aryl methyl sites for hydroxylation is 1. The second kappa shape index (κ2) is 5.29. The molecule has 2 aromatic rings. The molecule has 0 saturated carbocycles. The van der Waals surface area contributed by atoms with Crippen molar-refractivity contribution in [3.63, 3.8) is 0 Å². The van der Waals surface area contributed by atoms with Crippen LogP contribution in [-0.4, -0.2) is 63.4 Å². The predicted molar refractivity (Wildman–Crippen MR) is 73.9 cm³/mol. The van der Waals surface area contributed by atoms with Gasteiger partial charge in [0.2, 0.25) is 11.1 Å². The van der Waals surface area contributed by atoms with Gasteiger partial charge < -0.3 is 14.5 Å². The van der Waals surface area contributed by atoms with Gasteiger partial charge in [0.25, 0.3) is 0 Å². The van der Waals surface area contributed by atoms with Crippen LogP contribution >= 0.6 is 11.5 Å². The molecule has 0 amide bonds. The van der Waals surface area contributed by atoms with Gasteiger partial charge in [-0.1, -0.05) is 0 Å². The first kappa shape index (κ1) is 13.2. The maximum absolute atomic E-state index is 5.75. The average Bonchev–Trinajstić information content (AvgIpc) is 3.07. The SMILES string of the molecule is CN(C)c1nsc(N2CCOC(c3nnnn3C)C2)n1. The smallest absolute Gasteiger partial charge is 0.238 e. The number of rotatable bonds is 3. The van der Waals surface area contributed by atoms with Gasteiger partial charge in [-0.05, 0) is 10.4 Å². The number of aromatic nitrogens is 6. The summed E-state index contributed by atoms with van der Waals surface area (Å²) in [5.41, 5.74) is 0. The zero-order valence-electron chi connectivity index (χ0n) is 11.6. The summed E-state index contributed by atoms with van der Waals surface area (Å²) in [6.45, 7) is 2.09. The Balaban J connectivity index is 1.76. The summed E-state index contributed by atoms with van der Waals surface area (Å²) in [5, 5.41) is 12.4. The number of morpholine rings is 1. The molecule has 1 aliphatic rings. The molecule has 1 unspecified atom stereocenters. The minimum atomic E-state index is -0.143. The largest absolute Gasteiger partial charge is 0.366 e. The van der Waals surface area contributed by atoms with Gasteiger partial charge in [-0.15, -0.1) is 5.10 Å². The number of hydrogen-bond donors (Lipinski definition) is 0. The van der Waals surface area contributed by atoms with Gasteiger partial charge in [0.1, 0.15) is 6.10 Å². The number of ether oxygens (including phenoxy) is 1. The molecule has 0 spiro atoms. The fraction of sp³-hybridized carbons (Fsp3) is 0.700. The highest BCUT2D eigenvalue weighted by Gasteiger charge is 2.28. The second-order valence-electron chi connectivity index (χ2n) is 4.74. The molecule has 108 valence electrons. The fourth-order valence-electron chi connectivity index (χ4n) is 2.01. The molecular weight excluding hydrogens is 280 g/mol. The zero-order valence-corrected chi connectivity index (χ0v) is 12.4. The molecule has 0 radical (unpaired) electrons. The summed E-state index contributed by atoms with van der Waals surface area (Å²) >= 11 is 1.40. The number of hydrogen-bond acceptors (Lipinski definition) is 9. The summed E-state index contributed by atoms with van der Waals surface area (Å²) in [4.78, 5) is 8.57. The predicted octanol–water partition coefficient (Wildman–Crippen LogP) is -0.294. The molecule has 0 aromatic carbocycles. The van der Waals surface area contributed by atoms with Crippen LogP contribution < -0.4 is 9.80 Å². The summed E-state index contributed by atoms with van der Waals surface area (Å²) in [6, 6.07) is 0. The summed E-state index contributed by atoms with van der Waals surface area (Å²) in [5.74, 6) is 1.46. The Morgan fingerprint density at radius 1 is 1.40 bits per heavy atom. The Kier molecular flexibility index (Phi) is 3.49. The summed E-state index contributed by atoms with van der Waals surface area (Å²) in [6.07, 6.45) is -0.143. The van der Waals surface area contributed by atoms with Crippen LogP contribution in [0.4, 0.5) is 11.1 Å². The molecule has 0 bridgehead atoms. The molecule has 9 nitrogen and oxygen atoms in total. The second-order valence-corrected chi connectivity index (χ2v) is 5.47. The van der Waals surface area contributed by atoms with E-state index in [0.717, 1.165) is 23.4 Å². The van der Waals surface area contributed by atoms with E-state index in [2.05, 4.69) is 29.8 Å². The lowest BCUT2D eigenvalue weighted by molar-refractivity contribution is 0.0316. The van der Waals surface area contributed by atoms with Gasteiger partial charge in [0.05, 0.1) is 13.2 Å². The van der Waals surface area contributed by atoms with Crippen molar-refractivity contribution >= 4 is 22.6 Å². The highest BCUT2D eigenvalue weighted by molar-refractivity contribution is 7.09. The number of tetrazole rings is 1. The first-order valence-corrected chi connectivity index (χ1v) is 7.02. The monoisotopic (exact) mass is 296 g/mol. The summed E-state index contributed by atoms with van der Waals surface area (Å²) in [7, 11) is 5.67. The van der Waals surface area contributed by atoms with E-state index >= 15 is 0 Å². The Morgan fingerprint density at radius 2 is 2.25 bits per heavy atom. The summed E-state index contributed by atoms with van der Waals surface area (Å²) < 4.78 is 11.7. The van der Waals surface area contributed by atoms with Gasteiger partial charge in [0.15, 0.2) is 5.82 Å².